The summed E-state index contributed by atoms with van der Waals surface area (Å²) in [5.41, 5.74) is 1.24. The first-order chi connectivity index (χ1) is 8.81. The topological polar surface area (TPSA) is 30.5 Å². The van der Waals surface area contributed by atoms with Crippen molar-refractivity contribution in [1.82, 2.24) is 5.32 Å². The minimum Gasteiger partial charge on any atom is -0.490 e. The number of rotatable bonds is 5. The molecule has 0 aromatic heterocycles. The van der Waals surface area contributed by atoms with Gasteiger partial charge in [-0.1, -0.05) is 25.1 Å². The predicted molar refractivity (Wildman–Crippen MR) is 73.0 cm³/mol. The summed E-state index contributed by atoms with van der Waals surface area (Å²) >= 11 is 0. The zero-order valence-corrected chi connectivity index (χ0v) is 11.3. The Bertz CT molecular complexity index is 361. The summed E-state index contributed by atoms with van der Waals surface area (Å²) in [7, 11) is 0. The van der Waals surface area contributed by atoms with Gasteiger partial charge in [0, 0.05) is 24.4 Å². The van der Waals surface area contributed by atoms with Gasteiger partial charge in [0.25, 0.3) is 0 Å². The molecular weight excluding hydrogens is 226 g/mol. The summed E-state index contributed by atoms with van der Waals surface area (Å²) in [6, 6.07) is 8.64. The van der Waals surface area contributed by atoms with Crippen LogP contribution in [0.15, 0.2) is 24.3 Å². The predicted octanol–water partition coefficient (Wildman–Crippen LogP) is 2.91. The van der Waals surface area contributed by atoms with E-state index in [1.54, 1.807) is 0 Å². The van der Waals surface area contributed by atoms with E-state index < -0.39 is 0 Å². The third-order valence-electron chi connectivity index (χ3n) is 3.36. The van der Waals surface area contributed by atoms with Crippen LogP contribution in [0, 0.1) is 0 Å². The van der Waals surface area contributed by atoms with Crippen molar-refractivity contribution in [1.29, 1.82) is 0 Å². The Balaban J connectivity index is 2.06. The first-order valence-electron chi connectivity index (χ1n) is 6.88. The maximum absolute atomic E-state index is 6.13. The Morgan fingerprint density at radius 2 is 2.06 bits per heavy atom. The third kappa shape index (κ3) is 3.47. The van der Waals surface area contributed by atoms with E-state index in [0.29, 0.717) is 12.1 Å². The highest BCUT2D eigenvalue weighted by Crippen LogP contribution is 2.27. The molecule has 18 heavy (non-hydrogen) atoms. The van der Waals surface area contributed by atoms with Gasteiger partial charge in [0.05, 0.1) is 13.2 Å². The number of nitrogens with one attached hydrogen (secondary N) is 1. The van der Waals surface area contributed by atoms with Crippen molar-refractivity contribution >= 4 is 0 Å². The van der Waals surface area contributed by atoms with E-state index in [0.717, 1.165) is 38.3 Å². The van der Waals surface area contributed by atoms with E-state index in [-0.39, 0.29) is 0 Å². The molecule has 1 saturated heterocycles. The maximum atomic E-state index is 6.13. The molecule has 0 saturated carbocycles. The number of hydrogen-bond acceptors (Lipinski definition) is 3. The molecule has 1 unspecified atom stereocenters. The maximum Gasteiger partial charge on any atom is 0.124 e. The zero-order valence-electron chi connectivity index (χ0n) is 11.3. The van der Waals surface area contributed by atoms with Crippen LogP contribution in [-0.4, -0.2) is 25.9 Å². The lowest BCUT2D eigenvalue weighted by Gasteiger charge is -2.26. The molecule has 0 amide bonds. The van der Waals surface area contributed by atoms with Crippen LogP contribution in [0.2, 0.25) is 0 Å². The number of para-hydroxylation sites is 1. The Morgan fingerprint density at radius 3 is 2.78 bits per heavy atom. The van der Waals surface area contributed by atoms with Gasteiger partial charge in [0.15, 0.2) is 0 Å². The molecule has 1 aromatic carbocycles. The van der Waals surface area contributed by atoms with Crippen molar-refractivity contribution in [2.75, 3.05) is 19.8 Å². The highest BCUT2D eigenvalue weighted by atomic mass is 16.5. The molecule has 0 spiro atoms. The van der Waals surface area contributed by atoms with E-state index in [1.165, 1.54) is 5.56 Å². The van der Waals surface area contributed by atoms with E-state index in [1.807, 2.05) is 6.07 Å². The minimum absolute atomic E-state index is 0.300. The summed E-state index contributed by atoms with van der Waals surface area (Å²) in [4.78, 5) is 0. The molecule has 3 heteroatoms. The molecule has 1 aliphatic rings. The number of hydrogen-bond donors (Lipinski definition) is 1. The summed E-state index contributed by atoms with van der Waals surface area (Å²) in [5, 5.41) is 3.43. The van der Waals surface area contributed by atoms with Crippen molar-refractivity contribution in [3.63, 3.8) is 0 Å². The average molecular weight is 249 g/mol. The molecule has 1 fully saturated rings. The van der Waals surface area contributed by atoms with Crippen molar-refractivity contribution in [2.45, 2.75) is 38.8 Å². The lowest BCUT2D eigenvalue weighted by molar-refractivity contribution is 0.0250. The normalized spacial score (nSPS) is 18.6. The van der Waals surface area contributed by atoms with Crippen molar-refractivity contribution in [2.24, 2.45) is 0 Å². The van der Waals surface area contributed by atoms with Gasteiger partial charge in [-0.3, -0.25) is 0 Å². The second-order valence-corrected chi connectivity index (χ2v) is 4.75. The van der Waals surface area contributed by atoms with E-state index in [9.17, 15) is 0 Å². The lowest BCUT2D eigenvalue weighted by atomic mass is 10.1. The SMILES string of the molecule is CCNC(C)c1ccccc1OC1CCOCC1. The van der Waals surface area contributed by atoms with Crippen LogP contribution < -0.4 is 10.1 Å². The third-order valence-corrected chi connectivity index (χ3v) is 3.36. The van der Waals surface area contributed by atoms with Crippen molar-refractivity contribution in [3.8, 4) is 5.75 Å². The van der Waals surface area contributed by atoms with Gasteiger partial charge in [-0.15, -0.1) is 0 Å². The molecule has 100 valence electrons. The molecule has 0 radical (unpaired) electrons. The minimum atomic E-state index is 0.300. The molecule has 0 aliphatic carbocycles. The van der Waals surface area contributed by atoms with Crippen LogP contribution in [0.5, 0.6) is 5.75 Å². The number of benzene rings is 1. The molecule has 1 heterocycles. The van der Waals surface area contributed by atoms with Crippen LogP contribution in [-0.2, 0) is 4.74 Å². The van der Waals surface area contributed by atoms with E-state index in [2.05, 4.69) is 37.4 Å². The summed E-state index contributed by atoms with van der Waals surface area (Å²) < 4.78 is 11.5. The van der Waals surface area contributed by atoms with Crippen LogP contribution in [0.1, 0.15) is 38.3 Å². The van der Waals surface area contributed by atoms with Gasteiger partial charge in [0.2, 0.25) is 0 Å². The molecule has 3 nitrogen and oxygen atoms in total. The summed E-state index contributed by atoms with van der Waals surface area (Å²) in [5.74, 6) is 1.01. The average Bonchev–Trinajstić information content (AvgIpc) is 2.41. The monoisotopic (exact) mass is 249 g/mol. The van der Waals surface area contributed by atoms with Crippen molar-refractivity contribution in [3.05, 3.63) is 29.8 Å². The molecule has 1 atom stereocenters. The fraction of sp³-hybridized carbons (Fsp3) is 0.600. The van der Waals surface area contributed by atoms with Gasteiger partial charge >= 0.3 is 0 Å². The molecule has 1 aliphatic heterocycles. The van der Waals surface area contributed by atoms with Crippen LogP contribution in [0.25, 0.3) is 0 Å². The molecule has 2 rings (SSSR count). The summed E-state index contributed by atoms with van der Waals surface area (Å²) in [6.07, 6.45) is 2.28. The van der Waals surface area contributed by atoms with Crippen LogP contribution in [0.3, 0.4) is 0 Å². The van der Waals surface area contributed by atoms with Gasteiger partial charge < -0.3 is 14.8 Å². The molecule has 1 aromatic rings. The largest absolute Gasteiger partial charge is 0.490 e. The van der Waals surface area contributed by atoms with Crippen LogP contribution >= 0.6 is 0 Å². The van der Waals surface area contributed by atoms with E-state index in [4.69, 9.17) is 9.47 Å². The fourth-order valence-corrected chi connectivity index (χ4v) is 2.34. The van der Waals surface area contributed by atoms with Gasteiger partial charge in [-0.25, -0.2) is 0 Å². The number of ether oxygens (including phenoxy) is 2. The fourth-order valence-electron chi connectivity index (χ4n) is 2.34. The van der Waals surface area contributed by atoms with Gasteiger partial charge in [-0.2, -0.15) is 0 Å². The van der Waals surface area contributed by atoms with Crippen molar-refractivity contribution < 1.29 is 9.47 Å². The first-order valence-corrected chi connectivity index (χ1v) is 6.88. The molecule has 1 N–H and O–H groups in total. The molecule has 0 bridgehead atoms. The van der Waals surface area contributed by atoms with Gasteiger partial charge in [-0.05, 0) is 19.5 Å². The van der Waals surface area contributed by atoms with Crippen LogP contribution in [0.4, 0.5) is 0 Å². The second-order valence-electron chi connectivity index (χ2n) is 4.75. The highest BCUT2D eigenvalue weighted by molar-refractivity contribution is 5.35. The Morgan fingerprint density at radius 1 is 1.33 bits per heavy atom. The standard InChI is InChI=1S/C15H23NO2/c1-3-16-12(2)14-6-4-5-7-15(14)18-13-8-10-17-11-9-13/h4-7,12-13,16H,3,8-11H2,1-2H3. The highest BCUT2D eigenvalue weighted by Gasteiger charge is 2.18. The lowest BCUT2D eigenvalue weighted by Crippen LogP contribution is -2.27. The Labute approximate surface area is 109 Å². The molecular formula is C15H23NO2. The quantitative estimate of drug-likeness (QED) is 0.870. The first kappa shape index (κ1) is 13.4. The zero-order chi connectivity index (χ0) is 12.8. The Kier molecular flexibility index (Phi) is 5.02. The van der Waals surface area contributed by atoms with E-state index >= 15 is 0 Å². The second kappa shape index (κ2) is 6.76. The van der Waals surface area contributed by atoms with Gasteiger partial charge in [0.1, 0.15) is 11.9 Å². The summed E-state index contributed by atoms with van der Waals surface area (Å²) in [6.45, 7) is 6.89. The smallest absolute Gasteiger partial charge is 0.124 e. The Hall–Kier alpha value is -1.06.